The molecule has 0 bridgehead atoms. The summed E-state index contributed by atoms with van der Waals surface area (Å²) in [6.07, 6.45) is -0.363. The fourth-order valence-corrected chi connectivity index (χ4v) is 2.05. The fraction of sp³-hybridized carbons (Fsp3) is 0.125. The Morgan fingerprint density at radius 3 is 2.36 bits per heavy atom. The summed E-state index contributed by atoms with van der Waals surface area (Å²) in [5, 5.41) is 11.2. The van der Waals surface area contributed by atoms with Gasteiger partial charge in [-0.05, 0) is 11.1 Å². The Morgan fingerprint density at radius 1 is 1.09 bits per heavy atom. The van der Waals surface area contributed by atoms with Crippen LogP contribution in [0.25, 0.3) is 11.1 Å². The second-order valence-electron chi connectivity index (χ2n) is 4.56. The van der Waals surface area contributed by atoms with Gasteiger partial charge in [-0.25, -0.2) is 4.79 Å². The molecule has 6 heteroatoms. The number of carbonyl (C=O) groups excluding carboxylic acids is 2. The Bertz CT molecular complexity index is 725. The minimum Gasteiger partial charge on any atom is -0.463 e. The molecule has 0 fully saturated rings. The zero-order valence-corrected chi connectivity index (χ0v) is 11.8. The molecular weight excluding hydrogens is 286 g/mol. The van der Waals surface area contributed by atoms with Crippen molar-refractivity contribution in [2.45, 2.75) is 6.42 Å². The highest BCUT2D eigenvalue weighted by Crippen LogP contribution is 2.27. The van der Waals surface area contributed by atoms with Crippen molar-refractivity contribution in [2.24, 2.45) is 0 Å². The van der Waals surface area contributed by atoms with Gasteiger partial charge < -0.3 is 4.74 Å². The average molecular weight is 299 g/mol. The zero-order chi connectivity index (χ0) is 16.1. The number of esters is 1. The summed E-state index contributed by atoms with van der Waals surface area (Å²) < 4.78 is 4.32. The van der Waals surface area contributed by atoms with E-state index in [4.69, 9.17) is 0 Å². The third-order valence-corrected chi connectivity index (χ3v) is 3.15. The van der Waals surface area contributed by atoms with Crippen LogP contribution in [0.15, 0.2) is 48.5 Å². The van der Waals surface area contributed by atoms with Gasteiger partial charge in [-0.15, -0.1) is 0 Å². The van der Waals surface area contributed by atoms with Crippen molar-refractivity contribution in [1.82, 2.24) is 0 Å². The number of methoxy groups -OCH3 is 1. The zero-order valence-electron chi connectivity index (χ0n) is 11.8. The molecular formula is C16H13NO5. The monoisotopic (exact) mass is 299 g/mol. The van der Waals surface area contributed by atoms with E-state index >= 15 is 0 Å². The predicted molar refractivity (Wildman–Crippen MR) is 79.3 cm³/mol. The molecule has 2 aromatic carbocycles. The lowest BCUT2D eigenvalue weighted by atomic mass is 10.00. The number of benzene rings is 2. The number of hydrogen-bond acceptors (Lipinski definition) is 5. The molecule has 0 unspecified atom stereocenters. The van der Waals surface area contributed by atoms with E-state index in [-0.39, 0.29) is 17.7 Å². The van der Waals surface area contributed by atoms with Crippen molar-refractivity contribution in [3.05, 3.63) is 64.2 Å². The highest BCUT2D eigenvalue weighted by Gasteiger charge is 2.21. The van der Waals surface area contributed by atoms with E-state index in [1.165, 1.54) is 12.1 Å². The Morgan fingerprint density at radius 2 is 1.77 bits per heavy atom. The molecule has 0 aliphatic heterocycles. The van der Waals surface area contributed by atoms with E-state index in [1.54, 1.807) is 6.07 Å². The first-order valence-electron chi connectivity index (χ1n) is 6.47. The molecule has 0 aliphatic rings. The third-order valence-electron chi connectivity index (χ3n) is 3.15. The van der Waals surface area contributed by atoms with Crippen LogP contribution in [-0.2, 0) is 20.7 Å². The maximum atomic E-state index is 11.6. The van der Waals surface area contributed by atoms with Crippen molar-refractivity contribution in [2.75, 3.05) is 7.11 Å². The van der Waals surface area contributed by atoms with Gasteiger partial charge in [0.15, 0.2) is 0 Å². The summed E-state index contributed by atoms with van der Waals surface area (Å²) in [6, 6.07) is 13.7. The number of ketones is 1. The molecule has 0 heterocycles. The van der Waals surface area contributed by atoms with Gasteiger partial charge in [0.2, 0.25) is 5.78 Å². The first-order chi connectivity index (χ1) is 10.5. The first kappa shape index (κ1) is 15.4. The summed E-state index contributed by atoms with van der Waals surface area (Å²) in [6.45, 7) is 0. The van der Waals surface area contributed by atoms with E-state index < -0.39 is 16.7 Å². The summed E-state index contributed by atoms with van der Waals surface area (Å²) in [7, 11) is 1.09. The van der Waals surface area contributed by atoms with Crippen molar-refractivity contribution >= 4 is 17.4 Å². The lowest BCUT2D eigenvalue weighted by Crippen LogP contribution is -2.18. The molecule has 0 atom stereocenters. The summed E-state index contributed by atoms with van der Waals surface area (Å²) in [4.78, 5) is 33.4. The van der Waals surface area contributed by atoms with Crippen molar-refractivity contribution in [1.29, 1.82) is 0 Å². The number of nitro groups is 1. The van der Waals surface area contributed by atoms with Gasteiger partial charge in [-0.2, -0.15) is 0 Å². The third kappa shape index (κ3) is 3.35. The van der Waals surface area contributed by atoms with Gasteiger partial charge in [-0.3, -0.25) is 14.9 Å². The molecule has 0 aliphatic carbocycles. The number of rotatable bonds is 5. The number of hydrogen-bond donors (Lipinski definition) is 0. The summed E-state index contributed by atoms with van der Waals surface area (Å²) in [5.74, 6) is -1.83. The lowest BCUT2D eigenvalue weighted by molar-refractivity contribution is -0.385. The van der Waals surface area contributed by atoms with Crippen LogP contribution in [0.3, 0.4) is 0 Å². The minimum absolute atomic E-state index is 0.181. The number of carbonyl (C=O) groups is 2. The largest absolute Gasteiger partial charge is 0.463 e. The molecule has 0 amide bonds. The molecule has 22 heavy (non-hydrogen) atoms. The molecule has 6 nitrogen and oxygen atoms in total. The first-order valence-corrected chi connectivity index (χ1v) is 6.47. The maximum Gasteiger partial charge on any atom is 0.374 e. The van der Waals surface area contributed by atoms with Gasteiger partial charge in [0.05, 0.1) is 12.0 Å². The smallest absolute Gasteiger partial charge is 0.374 e. The Kier molecular flexibility index (Phi) is 4.63. The Labute approximate surface area is 126 Å². The van der Waals surface area contributed by atoms with Crippen LogP contribution in [0.4, 0.5) is 5.69 Å². The second kappa shape index (κ2) is 6.62. The maximum absolute atomic E-state index is 11.6. The Hall–Kier alpha value is -3.02. The van der Waals surface area contributed by atoms with Crippen LogP contribution in [0.5, 0.6) is 0 Å². The van der Waals surface area contributed by atoms with Crippen LogP contribution in [0, 0.1) is 10.1 Å². The van der Waals surface area contributed by atoms with Crippen LogP contribution in [-0.4, -0.2) is 23.8 Å². The van der Waals surface area contributed by atoms with E-state index in [9.17, 15) is 19.7 Å². The van der Waals surface area contributed by atoms with Crippen molar-refractivity contribution in [3.8, 4) is 11.1 Å². The number of Topliss-reactive ketones (excluding diaryl/α,β-unsaturated/α-hetero) is 1. The molecule has 2 aromatic rings. The quantitative estimate of drug-likeness (QED) is 0.366. The highest BCUT2D eigenvalue weighted by atomic mass is 16.6. The molecule has 0 saturated carbocycles. The molecule has 0 radical (unpaired) electrons. The van der Waals surface area contributed by atoms with Crippen LogP contribution in [0.2, 0.25) is 0 Å². The molecule has 0 N–H and O–H groups in total. The van der Waals surface area contributed by atoms with Gasteiger partial charge in [0.1, 0.15) is 0 Å². The number of nitro benzene ring substituents is 1. The molecule has 2 rings (SSSR count). The van der Waals surface area contributed by atoms with Gasteiger partial charge >= 0.3 is 5.97 Å². The van der Waals surface area contributed by atoms with Crippen molar-refractivity contribution < 1.29 is 19.2 Å². The van der Waals surface area contributed by atoms with Crippen LogP contribution >= 0.6 is 0 Å². The van der Waals surface area contributed by atoms with Crippen LogP contribution < -0.4 is 0 Å². The predicted octanol–water partition coefficient (Wildman–Crippen LogP) is 2.55. The van der Waals surface area contributed by atoms with E-state index in [1.807, 2.05) is 30.3 Å². The van der Waals surface area contributed by atoms with Gasteiger partial charge in [0, 0.05) is 18.1 Å². The number of ether oxygens (including phenoxy) is 1. The number of nitrogens with zero attached hydrogens (tertiary/aromatic N) is 1. The van der Waals surface area contributed by atoms with Crippen molar-refractivity contribution in [3.63, 3.8) is 0 Å². The normalized spacial score (nSPS) is 10.0. The topological polar surface area (TPSA) is 86.5 Å². The van der Waals surface area contributed by atoms with Crippen LogP contribution in [0.1, 0.15) is 5.56 Å². The molecule has 112 valence electrons. The van der Waals surface area contributed by atoms with E-state index in [2.05, 4.69) is 4.74 Å². The minimum atomic E-state index is -1.01. The van der Waals surface area contributed by atoms with E-state index in [0.717, 1.165) is 12.7 Å². The van der Waals surface area contributed by atoms with Gasteiger partial charge in [0.25, 0.3) is 5.69 Å². The molecule has 0 spiro atoms. The van der Waals surface area contributed by atoms with E-state index in [0.29, 0.717) is 5.56 Å². The van der Waals surface area contributed by atoms with Gasteiger partial charge in [-0.1, -0.05) is 42.5 Å². The standard InChI is InChI=1S/C16H13NO5/c1-22-16(19)15(18)10-13-8-7-12(9-14(13)17(20)21)11-5-3-2-4-6-11/h2-9H,10H2,1H3. The molecule has 0 aromatic heterocycles. The average Bonchev–Trinajstić information content (AvgIpc) is 2.54. The fourth-order valence-electron chi connectivity index (χ4n) is 2.05. The molecule has 0 saturated heterocycles. The lowest BCUT2D eigenvalue weighted by Gasteiger charge is -2.05. The second-order valence-corrected chi connectivity index (χ2v) is 4.56. The highest BCUT2D eigenvalue weighted by molar-refractivity contribution is 6.34. The summed E-state index contributed by atoms with van der Waals surface area (Å²) in [5.41, 5.74) is 1.48. The SMILES string of the molecule is COC(=O)C(=O)Cc1ccc(-c2ccccc2)cc1[N+](=O)[O-]. The summed E-state index contributed by atoms with van der Waals surface area (Å²) >= 11 is 0. The Balaban J connectivity index is 2.38.